The van der Waals surface area contributed by atoms with E-state index < -0.39 is 12.1 Å². The van der Waals surface area contributed by atoms with Gasteiger partial charge in [0.2, 0.25) is 0 Å². The summed E-state index contributed by atoms with van der Waals surface area (Å²) in [4.78, 5) is 22.1. The number of ketones is 1. The third kappa shape index (κ3) is 3.87. The minimum absolute atomic E-state index is 0.0868. The van der Waals surface area contributed by atoms with Crippen LogP contribution < -0.4 is 0 Å². The number of esters is 1. The second-order valence-corrected chi connectivity index (χ2v) is 3.63. The molecular formula is C10H16O4. The molecule has 0 spiro atoms. The highest BCUT2D eigenvalue weighted by molar-refractivity contribution is 5.95. The molecular weight excluding hydrogens is 184 g/mol. The van der Waals surface area contributed by atoms with Crippen molar-refractivity contribution in [3.63, 3.8) is 0 Å². The average Bonchev–Trinajstić information content (AvgIpc) is 2.85. The molecule has 0 aromatic rings. The lowest BCUT2D eigenvalue weighted by molar-refractivity contribution is -0.145. The lowest BCUT2D eigenvalue weighted by Gasteiger charge is -2.07. The summed E-state index contributed by atoms with van der Waals surface area (Å²) in [6, 6.07) is 0. The van der Waals surface area contributed by atoms with Crippen molar-refractivity contribution in [3.8, 4) is 0 Å². The van der Waals surface area contributed by atoms with Crippen LogP contribution in [0.4, 0.5) is 0 Å². The number of aliphatic hydroxyl groups is 1. The zero-order valence-corrected chi connectivity index (χ0v) is 8.36. The summed E-state index contributed by atoms with van der Waals surface area (Å²) in [6.07, 6.45) is 1.31. The number of rotatable bonds is 6. The number of carbonyl (C=O) groups excluding carboxylic acids is 2. The van der Waals surface area contributed by atoms with Crippen molar-refractivity contribution in [2.75, 3.05) is 6.61 Å². The zero-order chi connectivity index (χ0) is 10.6. The summed E-state index contributed by atoms with van der Waals surface area (Å²) < 4.78 is 4.63. The van der Waals surface area contributed by atoms with Crippen molar-refractivity contribution < 1.29 is 19.4 Å². The van der Waals surface area contributed by atoms with Crippen LogP contribution in [0.5, 0.6) is 0 Å². The van der Waals surface area contributed by atoms with Gasteiger partial charge < -0.3 is 9.84 Å². The molecule has 1 aliphatic rings. The van der Waals surface area contributed by atoms with Gasteiger partial charge in [-0.05, 0) is 25.7 Å². The van der Waals surface area contributed by atoms with Crippen LogP contribution >= 0.6 is 0 Å². The Hall–Kier alpha value is -0.900. The van der Waals surface area contributed by atoms with Crippen LogP contribution in [0.3, 0.4) is 0 Å². The third-order valence-corrected chi connectivity index (χ3v) is 2.25. The molecule has 1 saturated carbocycles. The van der Waals surface area contributed by atoms with Crippen LogP contribution in [-0.4, -0.2) is 29.6 Å². The molecule has 0 aliphatic heterocycles. The van der Waals surface area contributed by atoms with Gasteiger partial charge in [-0.25, -0.2) is 0 Å². The Kier molecular flexibility index (Phi) is 4.07. The molecule has 80 valence electrons. The first-order valence-corrected chi connectivity index (χ1v) is 4.99. The molecule has 1 atom stereocenters. The van der Waals surface area contributed by atoms with Gasteiger partial charge in [-0.1, -0.05) is 0 Å². The van der Waals surface area contributed by atoms with E-state index in [-0.39, 0.29) is 31.1 Å². The van der Waals surface area contributed by atoms with E-state index in [0.717, 1.165) is 12.8 Å². The second-order valence-electron chi connectivity index (χ2n) is 3.63. The van der Waals surface area contributed by atoms with Crippen LogP contribution in [0.2, 0.25) is 0 Å². The molecule has 1 aliphatic carbocycles. The van der Waals surface area contributed by atoms with Gasteiger partial charge in [-0.2, -0.15) is 0 Å². The minimum Gasteiger partial charge on any atom is -0.466 e. The summed E-state index contributed by atoms with van der Waals surface area (Å²) in [5.74, 6) is -0.454. The topological polar surface area (TPSA) is 63.6 Å². The summed E-state index contributed by atoms with van der Waals surface area (Å²) >= 11 is 0. The molecule has 1 rings (SSSR count). The number of aliphatic hydroxyl groups excluding tert-OH is 1. The fourth-order valence-corrected chi connectivity index (χ4v) is 1.33. The third-order valence-electron chi connectivity index (χ3n) is 2.25. The van der Waals surface area contributed by atoms with Crippen LogP contribution in [0.1, 0.15) is 32.6 Å². The van der Waals surface area contributed by atoms with Crippen LogP contribution in [-0.2, 0) is 14.3 Å². The summed E-state index contributed by atoms with van der Waals surface area (Å²) in [5.41, 5.74) is 0. The van der Waals surface area contributed by atoms with E-state index in [1.165, 1.54) is 0 Å². The van der Waals surface area contributed by atoms with Crippen molar-refractivity contribution in [1.29, 1.82) is 0 Å². The Morgan fingerprint density at radius 1 is 1.50 bits per heavy atom. The molecule has 0 heterocycles. The average molecular weight is 200 g/mol. The Morgan fingerprint density at radius 2 is 2.14 bits per heavy atom. The Balaban J connectivity index is 2.17. The predicted octanol–water partition coefficient (Wildman–Crippen LogP) is 0.670. The highest BCUT2D eigenvalue weighted by atomic mass is 16.5. The SMILES string of the molecule is CCOC(=O)CC(=O)CC(O)C1CC1. The molecule has 0 aromatic heterocycles. The number of Topliss-reactive ketones (excluding diaryl/α,β-unsaturated/α-hetero) is 1. The molecule has 0 bridgehead atoms. The van der Waals surface area contributed by atoms with Gasteiger partial charge in [0.15, 0.2) is 0 Å². The van der Waals surface area contributed by atoms with E-state index in [1.54, 1.807) is 6.92 Å². The summed E-state index contributed by atoms with van der Waals surface area (Å²) in [6.45, 7) is 1.98. The van der Waals surface area contributed by atoms with Crippen molar-refractivity contribution in [3.05, 3.63) is 0 Å². The molecule has 0 aromatic carbocycles. The highest BCUT2D eigenvalue weighted by Crippen LogP contribution is 2.34. The van der Waals surface area contributed by atoms with Crippen molar-refractivity contribution in [2.24, 2.45) is 5.92 Å². The standard InChI is InChI=1S/C10H16O4/c1-2-14-10(13)6-8(11)5-9(12)7-3-4-7/h7,9,12H,2-6H2,1H3. The summed E-state index contributed by atoms with van der Waals surface area (Å²) in [5, 5.41) is 9.43. The van der Waals surface area contributed by atoms with E-state index in [9.17, 15) is 14.7 Å². The molecule has 0 amide bonds. The maximum atomic E-state index is 11.2. The van der Waals surface area contributed by atoms with Crippen LogP contribution in [0.25, 0.3) is 0 Å². The van der Waals surface area contributed by atoms with E-state index >= 15 is 0 Å². The van der Waals surface area contributed by atoms with E-state index in [0.29, 0.717) is 0 Å². The molecule has 4 nitrogen and oxygen atoms in total. The van der Waals surface area contributed by atoms with Gasteiger partial charge in [0.05, 0.1) is 12.7 Å². The van der Waals surface area contributed by atoms with E-state index in [4.69, 9.17) is 0 Å². The Morgan fingerprint density at radius 3 is 2.64 bits per heavy atom. The largest absolute Gasteiger partial charge is 0.466 e. The van der Waals surface area contributed by atoms with Gasteiger partial charge in [0.1, 0.15) is 12.2 Å². The van der Waals surface area contributed by atoms with Crippen molar-refractivity contribution in [1.82, 2.24) is 0 Å². The normalized spacial score (nSPS) is 17.6. The lowest BCUT2D eigenvalue weighted by Crippen LogP contribution is -2.18. The second kappa shape index (κ2) is 5.10. The van der Waals surface area contributed by atoms with Crippen LogP contribution in [0.15, 0.2) is 0 Å². The first-order chi connectivity index (χ1) is 6.63. The van der Waals surface area contributed by atoms with Gasteiger partial charge in [-0.15, -0.1) is 0 Å². The highest BCUT2D eigenvalue weighted by Gasteiger charge is 2.31. The van der Waals surface area contributed by atoms with Gasteiger partial charge >= 0.3 is 5.97 Å². The Labute approximate surface area is 83.2 Å². The van der Waals surface area contributed by atoms with Gasteiger partial charge in [0.25, 0.3) is 0 Å². The first-order valence-electron chi connectivity index (χ1n) is 4.99. The van der Waals surface area contributed by atoms with Gasteiger partial charge in [-0.3, -0.25) is 9.59 Å². The number of hydrogen-bond acceptors (Lipinski definition) is 4. The summed E-state index contributed by atoms with van der Waals surface area (Å²) in [7, 11) is 0. The number of ether oxygens (including phenoxy) is 1. The monoisotopic (exact) mass is 200 g/mol. The van der Waals surface area contributed by atoms with Crippen molar-refractivity contribution in [2.45, 2.75) is 38.7 Å². The number of carbonyl (C=O) groups is 2. The number of hydrogen-bond donors (Lipinski definition) is 1. The maximum absolute atomic E-state index is 11.2. The molecule has 4 heteroatoms. The maximum Gasteiger partial charge on any atom is 0.313 e. The molecule has 1 N–H and O–H groups in total. The molecule has 0 radical (unpaired) electrons. The first kappa shape index (κ1) is 11.2. The van der Waals surface area contributed by atoms with Crippen LogP contribution in [0, 0.1) is 5.92 Å². The fourth-order valence-electron chi connectivity index (χ4n) is 1.33. The van der Waals surface area contributed by atoms with Gasteiger partial charge in [0, 0.05) is 6.42 Å². The predicted molar refractivity (Wildman–Crippen MR) is 49.6 cm³/mol. The lowest BCUT2D eigenvalue weighted by atomic mass is 10.1. The van der Waals surface area contributed by atoms with E-state index in [1.807, 2.05) is 0 Å². The minimum atomic E-state index is -0.558. The van der Waals surface area contributed by atoms with E-state index in [2.05, 4.69) is 4.74 Å². The molecule has 1 unspecified atom stereocenters. The molecule has 14 heavy (non-hydrogen) atoms. The molecule has 0 saturated heterocycles. The zero-order valence-electron chi connectivity index (χ0n) is 8.36. The fraction of sp³-hybridized carbons (Fsp3) is 0.800. The Bertz CT molecular complexity index is 220. The quantitative estimate of drug-likeness (QED) is 0.505. The van der Waals surface area contributed by atoms with Crippen molar-refractivity contribution >= 4 is 11.8 Å². The smallest absolute Gasteiger partial charge is 0.313 e. The molecule has 1 fully saturated rings.